The Labute approximate surface area is 173 Å². The molecule has 1 rings (SSSR count). The normalized spacial score (nSPS) is 12.4. The lowest BCUT2D eigenvalue weighted by molar-refractivity contribution is -0.122. The molecule has 1 amide bonds. The quantitative estimate of drug-likeness (QED) is 0.217. The van der Waals surface area contributed by atoms with Crippen molar-refractivity contribution in [3.63, 3.8) is 0 Å². The molecule has 0 unspecified atom stereocenters. The number of nitrogens with one attached hydrogen (secondary N) is 3. The molecule has 25 heavy (non-hydrogen) atoms. The fraction of sp³-hybridized carbons (Fsp3) is 0.500. The number of hydrogen-bond donors (Lipinski definition) is 3. The number of carbonyl (C=O) groups is 1. The first-order valence-corrected chi connectivity index (χ1v) is 9.83. The zero-order valence-corrected chi connectivity index (χ0v) is 17.6. The van der Waals surface area contributed by atoms with E-state index in [4.69, 9.17) is 58.6 Å². The molecule has 0 heterocycles. The fourth-order valence-corrected chi connectivity index (χ4v) is 2.76. The van der Waals surface area contributed by atoms with Crippen LogP contribution in [0.3, 0.4) is 0 Å². The number of anilines is 1. The maximum atomic E-state index is 12.0. The van der Waals surface area contributed by atoms with Crippen molar-refractivity contribution in [1.82, 2.24) is 10.6 Å². The number of amides is 1. The van der Waals surface area contributed by atoms with Crippen LogP contribution in [0.15, 0.2) is 24.3 Å². The lowest BCUT2D eigenvalue weighted by Gasteiger charge is -2.27. The standard InChI is InChI=1S/C16H21Cl4N3OS/c1-2-3-4-5-9-13(24)22-14(16(18,19)20)23-15(25)21-12-8-6-7-11(17)10-12/h6-8,10,14H,2-5,9H2,1H3,(H,22,24)(H2,21,23,25)/t14-/m0/s1. The summed E-state index contributed by atoms with van der Waals surface area (Å²) in [6, 6.07) is 7.01. The van der Waals surface area contributed by atoms with Crippen molar-refractivity contribution in [3.05, 3.63) is 29.3 Å². The van der Waals surface area contributed by atoms with Gasteiger partial charge in [0, 0.05) is 17.1 Å². The third-order valence-corrected chi connectivity index (χ3v) is 4.36. The summed E-state index contributed by atoms with van der Waals surface area (Å²) in [6.07, 6.45) is 3.38. The molecule has 0 fully saturated rings. The zero-order chi connectivity index (χ0) is 18.9. The molecule has 0 aliphatic heterocycles. The summed E-state index contributed by atoms with van der Waals surface area (Å²) >= 11 is 29.0. The van der Waals surface area contributed by atoms with Crippen LogP contribution in [0, 0.1) is 0 Å². The van der Waals surface area contributed by atoms with Crippen LogP contribution in [-0.2, 0) is 4.79 Å². The lowest BCUT2D eigenvalue weighted by atomic mass is 10.1. The summed E-state index contributed by atoms with van der Waals surface area (Å²) in [6.45, 7) is 2.11. The maximum Gasteiger partial charge on any atom is 0.228 e. The summed E-state index contributed by atoms with van der Waals surface area (Å²) < 4.78 is -1.76. The summed E-state index contributed by atoms with van der Waals surface area (Å²) in [5, 5.41) is 9.16. The van der Waals surface area contributed by atoms with E-state index in [1.807, 2.05) is 0 Å². The number of halogens is 4. The van der Waals surface area contributed by atoms with Crippen molar-refractivity contribution in [2.24, 2.45) is 0 Å². The van der Waals surface area contributed by atoms with Gasteiger partial charge in [0.05, 0.1) is 0 Å². The van der Waals surface area contributed by atoms with Gasteiger partial charge in [-0.1, -0.05) is 78.7 Å². The Morgan fingerprint density at radius 2 is 1.92 bits per heavy atom. The van der Waals surface area contributed by atoms with Crippen LogP contribution >= 0.6 is 58.6 Å². The third-order valence-electron chi connectivity index (χ3n) is 3.25. The Balaban J connectivity index is 2.57. The molecule has 0 saturated carbocycles. The van der Waals surface area contributed by atoms with E-state index in [1.165, 1.54) is 0 Å². The second-order valence-electron chi connectivity index (χ2n) is 5.46. The first-order chi connectivity index (χ1) is 11.7. The van der Waals surface area contributed by atoms with Gasteiger partial charge < -0.3 is 16.0 Å². The molecule has 1 atom stereocenters. The topological polar surface area (TPSA) is 53.2 Å². The summed E-state index contributed by atoms with van der Waals surface area (Å²) in [5.41, 5.74) is 0.680. The molecule has 140 valence electrons. The monoisotopic (exact) mass is 443 g/mol. The Morgan fingerprint density at radius 3 is 2.52 bits per heavy atom. The van der Waals surface area contributed by atoms with E-state index in [9.17, 15) is 4.79 Å². The molecular formula is C16H21Cl4N3OS. The van der Waals surface area contributed by atoms with E-state index in [1.54, 1.807) is 24.3 Å². The van der Waals surface area contributed by atoms with Gasteiger partial charge >= 0.3 is 0 Å². The largest absolute Gasteiger partial charge is 0.339 e. The predicted octanol–water partition coefficient (Wildman–Crippen LogP) is 5.41. The van der Waals surface area contributed by atoms with E-state index in [2.05, 4.69) is 22.9 Å². The van der Waals surface area contributed by atoms with Crippen LogP contribution in [-0.4, -0.2) is 21.0 Å². The third kappa shape index (κ3) is 9.71. The van der Waals surface area contributed by atoms with Crippen molar-refractivity contribution in [1.29, 1.82) is 0 Å². The Morgan fingerprint density at radius 1 is 1.20 bits per heavy atom. The first-order valence-electron chi connectivity index (χ1n) is 7.91. The minimum absolute atomic E-state index is 0.199. The second kappa shape index (κ2) is 11.3. The van der Waals surface area contributed by atoms with Crippen molar-refractivity contribution in [2.45, 2.75) is 49.0 Å². The molecule has 0 spiro atoms. The summed E-state index contributed by atoms with van der Waals surface area (Å²) in [7, 11) is 0. The summed E-state index contributed by atoms with van der Waals surface area (Å²) in [4.78, 5) is 12.0. The van der Waals surface area contributed by atoms with Gasteiger partial charge in [0.15, 0.2) is 5.11 Å². The molecule has 3 N–H and O–H groups in total. The molecule has 0 bridgehead atoms. The van der Waals surface area contributed by atoms with Crippen LogP contribution < -0.4 is 16.0 Å². The number of alkyl halides is 3. The maximum absolute atomic E-state index is 12.0. The number of hydrogen-bond acceptors (Lipinski definition) is 2. The highest BCUT2D eigenvalue weighted by atomic mass is 35.6. The van der Waals surface area contributed by atoms with E-state index >= 15 is 0 Å². The number of unbranched alkanes of at least 4 members (excludes halogenated alkanes) is 3. The molecule has 0 aromatic heterocycles. The predicted molar refractivity (Wildman–Crippen MR) is 112 cm³/mol. The molecule has 0 aliphatic carbocycles. The first kappa shape index (κ1) is 22.6. The van der Waals surface area contributed by atoms with Crippen LogP contribution in [0.25, 0.3) is 0 Å². The summed E-state index contributed by atoms with van der Waals surface area (Å²) in [5.74, 6) is -0.203. The average Bonchev–Trinajstić information content (AvgIpc) is 2.50. The van der Waals surface area contributed by atoms with E-state index < -0.39 is 9.96 Å². The smallest absolute Gasteiger partial charge is 0.228 e. The van der Waals surface area contributed by atoms with Gasteiger partial charge in [0.1, 0.15) is 6.17 Å². The second-order valence-corrected chi connectivity index (χ2v) is 8.68. The number of benzene rings is 1. The van der Waals surface area contributed by atoms with Crippen LogP contribution in [0.5, 0.6) is 0 Å². The SMILES string of the molecule is CCCCCCC(=O)N[C@@H](NC(=S)Nc1cccc(Cl)c1)C(Cl)(Cl)Cl. The molecule has 4 nitrogen and oxygen atoms in total. The fourth-order valence-electron chi connectivity index (χ4n) is 2.01. The Bertz CT molecular complexity index is 581. The number of thiocarbonyl (C=S) groups is 1. The van der Waals surface area contributed by atoms with Gasteiger partial charge in [-0.2, -0.15) is 0 Å². The highest BCUT2D eigenvalue weighted by Crippen LogP contribution is 2.29. The van der Waals surface area contributed by atoms with Crippen molar-refractivity contribution < 1.29 is 4.79 Å². The highest BCUT2D eigenvalue weighted by Gasteiger charge is 2.34. The van der Waals surface area contributed by atoms with Gasteiger partial charge in [-0.15, -0.1) is 0 Å². The van der Waals surface area contributed by atoms with Gasteiger partial charge in [-0.25, -0.2) is 0 Å². The van der Waals surface area contributed by atoms with Gasteiger partial charge in [-0.05, 0) is 36.8 Å². The van der Waals surface area contributed by atoms with E-state index in [-0.39, 0.29) is 11.0 Å². The molecule has 0 saturated heterocycles. The van der Waals surface area contributed by atoms with Crippen molar-refractivity contribution in [3.8, 4) is 0 Å². The van der Waals surface area contributed by atoms with Crippen molar-refractivity contribution >= 4 is 75.3 Å². The van der Waals surface area contributed by atoms with E-state index in [0.29, 0.717) is 17.1 Å². The molecule has 0 aliphatic rings. The average molecular weight is 445 g/mol. The number of carbonyl (C=O) groups excluding carboxylic acids is 1. The molecule has 1 aromatic rings. The Kier molecular flexibility index (Phi) is 10.2. The van der Waals surface area contributed by atoms with Gasteiger partial charge in [-0.3, -0.25) is 4.79 Å². The van der Waals surface area contributed by atoms with Crippen LogP contribution in [0.1, 0.15) is 39.0 Å². The van der Waals surface area contributed by atoms with E-state index in [0.717, 1.165) is 25.7 Å². The molecule has 1 aromatic carbocycles. The van der Waals surface area contributed by atoms with Crippen LogP contribution in [0.2, 0.25) is 5.02 Å². The zero-order valence-electron chi connectivity index (χ0n) is 13.8. The van der Waals surface area contributed by atoms with Crippen molar-refractivity contribution in [2.75, 3.05) is 5.32 Å². The Hall–Kier alpha value is -0.460. The van der Waals surface area contributed by atoms with Gasteiger partial charge in [0.25, 0.3) is 0 Å². The molecule has 9 heteroatoms. The lowest BCUT2D eigenvalue weighted by Crippen LogP contribution is -2.56. The minimum Gasteiger partial charge on any atom is -0.339 e. The molecule has 0 radical (unpaired) electrons. The van der Waals surface area contributed by atoms with Gasteiger partial charge in [0.2, 0.25) is 9.70 Å². The van der Waals surface area contributed by atoms with Crippen LogP contribution in [0.4, 0.5) is 5.69 Å². The minimum atomic E-state index is -1.76. The number of rotatable bonds is 8. The highest BCUT2D eigenvalue weighted by molar-refractivity contribution is 7.80. The molecular weight excluding hydrogens is 424 g/mol.